The SMILES string of the molecule is CCCCNC(=O)CNC(=O)[C@H](CC(C)C)NC(=O)OC(C)(C)C. The number of carbonyl (C=O) groups is 3. The van der Waals surface area contributed by atoms with Crippen LogP contribution in [0, 0.1) is 5.92 Å². The van der Waals surface area contributed by atoms with Gasteiger partial charge in [0.15, 0.2) is 0 Å². The Kier molecular flexibility index (Phi) is 10.1. The zero-order valence-corrected chi connectivity index (χ0v) is 15.8. The zero-order valence-electron chi connectivity index (χ0n) is 15.8. The molecule has 0 rings (SSSR count). The highest BCUT2D eigenvalue weighted by Gasteiger charge is 2.25. The van der Waals surface area contributed by atoms with Gasteiger partial charge in [-0.2, -0.15) is 0 Å². The third-order valence-corrected chi connectivity index (χ3v) is 2.99. The van der Waals surface area contributed by atoms with E-state index in [0.29, 0.717) is 13.0 Å². The summed E-state index contributed by atoms with van der Waals surface area (Å²) in [5, 5.41) is 7.86. The van der Waals surface area contributed by atoms with Crippen LogP contribution in [0.15, 0.2) is 0 Å². The van der Waals surface area contributed by atoms with E-state index in [1.807, 2.05) is 20.8 Å². The summed E-state index contributed by atoms with van der Waals surface area (Å²) in [4.78, 5) is 35.8. The predicted molar refractivity (Wildman–Crippen MR) is 93.5 cm³/mol. The predicted octanol–water partition coefficient (Wildman–Crippen LogP) is 1.96. The molecule has 0 saturated carbocycles. The van der Waals surface area contributed by atoms with Crippen molar-refractivity contribution in [2.24, 2.45) is 5.92 Å². The highest BCUT2D eigenvalue weighted by atomic mass is 16.6. The van der Waals surface area contributed by atoms with Crippen LogP contribution >= 0.6 is 0 Å². The third kappa shape index (κ3) is 11.7. The Bertz CT molecular complexity index is 417. The molecule has 0 aromatic heterocycles. The van der Waals surface area contributed by atoms with E-state index in [1.54, 1.807) is 20.8 Å². The van der Waals surface area contributed by atoms with Crippen LogP contribution in [0.4, 0.5) is 4.79 Å². The van der Waals surface area contributed by atoms with Crippen molar-refractivity contribution >= 4 is 17.9 Å². The summed E-state index contributed by atoms with van der Waals surface area (Å²) in [7, 11) is 0. The lowest BCUT2D eigenvalue weighted by molar-refractivity contribution is -0.127. The smallest absolute Gasteiger partial charge is 0.408 e. The van der Waals surface area contributed by atoms with Crippen LogP contribution in [0.1, 0.15) is 60.8 Å². The number of hydrogen-bond acceptors (Lipinski definition) is 4. The highest BCUT2D eigenvalue weighted by molar-refractivity contribution is 5.89. The van der Waals surface area contributed by atoms with Gasteiger partial charge in [-0.15, -0.1) is 0 Å². The fraction of sp³-hybridized carbons (Fsp3) is 0.824. The summed E-state index contributed by atoms with van der Waals surface area (Å²) in [6, 6.07) is -0.733. The second kappa shape index (κ2) is 10.9. The average Bonchev–Trinajstić information content (AvgIpc) is 2.41. The van der Waals surface area contributed by atoms with Crippen molar-refractivity contribution in [3.05, 3.63) is 0 Å². The number of unbranched alkanes of at least 4 members (excludes halogenated alkanes) is 1. The minimum absolute atomic E-state index is 0.104. The first kappa shape index (κ1) is 22.2. The number of ether oxygens (including phenoxy) is 1. The lowest BCUT2D eigenvalue weighted by Gasteiger charge is -2.24. The van der Waals surface area contributed by atoms with Crippen molar-refractivity contribution < 1.29 is 19.1 Å². The summed E-state index contributed by atoms with van der Waals surface area (Å²) in [6.45, 7) is 11.7. The fourth-order valence-corrected chi connectivity index (χ4v) is 1.91. The monoisotopic (exact) mass is 343 g/mol. The highest BCUT2D eigenvalue weighted by Crippen LogP contribution is 2.09. The molecule has 0 fully saturated rings. The van der Waals surface area contributed by atoms with E-state index in [1.165, 1.54) is 0 Å². The van der Waals surface area contributed by atoms with E-state index < -0.39 is 17.7 Å². The van der Waals surface area contributed by atoms with Gasteiger partial charge in [-0.1, -0.05) is 27.2 Å². The van der Waals surface area contributed by atoms with E-state index in [-0.39, 0.29) is 24.3 Å². The topological polar surface area (TPSA) is 96.5 Å². The van der Waals surface area contributed by atoms with Crippen LogP contribution in [0.2, 0.25) is 0 Å². The number of amides is 3. The molecular formula is C17H33N3O4. The standard InChI is InChI=1S/C17H33N3O4/c1-7-8-9-18-14(21)11-19-15(22)13(10-12(2)3)20-16(23)24-17(4,5)6/h12-13H,7-11H2,1-6H3,(H,18,21)(H,19,22)(H,20,23)/t13-/m0/s1. The fourth-order valence-electron chi connectivity index (χ4n) is 1.91. The minimum atomic E-state index is -0.733. The molecule has 0 bridgehead atoms. The van der Waals surface area contributed by atoms with Crippen molar-refractivity contribution in [2.75, 3.05) is 13.1 Å². The zero-order chi connectivity index (χ0) is 18.8. The summed E-state index contributed by atoms with van der Waals surface area (Å²) in [5.41, 5.74) is -0.637. The van der Waals surface area contributed by atoms with Gasteiger partial charge in [-0.3, -0.25) is 9.59 Å². The van der Waals surface area contributed by atoms with Crippen molar-refractivity contribution in [1.29, 1.82) is 0 Å². The van der Waals surface area contributed by atoms with Gasteiger partial charge in [-0.05, 0) is 39.5 Å². The lowest BCUT2D eigenvalue weighted by atomic mass is 10.0. The molecule has 7 nitrogen and oxygen atoms in total. The maximum absolute atomic E-state index is 12.3. The Labute approximate surface area is 145 Å². The number of rotatable bonds is 9. The first-order chi connectivity index (χ1) is 11.0. The molecule has 24 heavy (non-hydrogen) atoms. The quantitative estimate of drug-likeness (QED) is 0.558. The Balaban J connectivity index is 4.50. The first-order valence-electron chi connectivity index (χ1n) is 8.59. The molecule has 0 aliphatic rings. The Hall–Kier alpha value is -1.79. The Morgan fingerprint density at radius 3 is 2.21 bits per heavy atom. The molecule has 3 N–H and O–H groups in total. The van der Waals surface area contributed by atoms with E-state index >= 15 is 0 Å². The second-order valence-corrected chi connectivity index (χ2v) is 7.25. The van der Waals surface area contributed by atoms with Gasteiger partial charge in [-0.25, -0.2) is 4.79 Å². The van der Waals surface area contributed by atoms with E-state index in [9.17, 15) is 14.4 Å². The molecule has 1 atom stereocenters. The molecule has 0 unspecified atom stereocenters. The molecule has 0 aromatic rings. The van der Waals surface area contributed by atoms with E-state index in [4.69, 9.17) is 4.74 Å². The molecule has 0 saturated heterocycles. The lowest BCUT2D eigenvalue weighted by Crippen LogP contribution is -2.50. The van der Waals surface area contributed by atoms with Crippen molar-refractivity contribution in [3.8, 4) is 0 Å². The molecular weight excluding hydrogens is 310 g/mol. The first-order valence-corrected chi connectivity index (χ1v) is 8.59. The van der Waals surface area contributed by atoms with Gasteiger partial charge >= 0.3 is 6.09 Å². The van der Waals surface area contributed by atoms with Crippen molar-refractivity contribution in [2.45, 2.75) is 72.4 Å². The maximum Gasteiger partial charge on any atom is 0.408 e. The molecule has 0 heterocycles. The molecule has 0 aliphatic heterocycles. The Morgan fingerprint density at radius 2 is 1.71 bits per heavy atom. The largest absolute Gasteiger partial charge is 0.444 e. The molecule has 0 aromatic carbocycles. The van der Waals surface area contributed by atoms with Crippen LogP contribution < -0.4 is 16.0 Å². The van der Waals surface area contributed by atoms with Crippen LogP contribution in [0.3, 0.4) is 0 Å². The minimum Gasteiger partial charge on any atom is -0.444 e. The number of alkyl carbamates (subject to hydrolysis) is 1. The Morgan fingerprint density at radius 1 is 1.08 bits per heavy atom. The van der Waals surface area contributed by atoms with Gasteiger partial charge in [0.1, 0.15) is 11.6 Å². The number of nitrogens with one attached hydrogen (secondary N) is 3. The van der Waals surface area contributed by atoms with Crippen LogP contribution in [0.25, 0.3) is 0 Å². The summed E-state index contributed by atoms with van der Waals surface area (Å²) in [6.07, 6.45) is 1.71. The molecule has 3 amide bonds. The normalized spacial score (nSPS) is 12.5. The van der Waals surface area contributed by atoms with Gasteiger partial charge < -0.3 is 20.7 Å². The van der Waals surface area contributed by atoms with E-state index in [0.717, 1.165) is 12.8 Å². The third-order valence-electron chi connectivity index (χ3n) is 2.99. The average molecular weight is 343 g/mol. The van der Waals surface area contributed by atoms with Crippen LogP contribution in [-0.2, 0) is 14.3 Å². The summed E-state index contributed by atoms with van der Waals surface area (Å²) < 4.78 is 5.18. The van der Waals surface area contributed by atoms with Crippen molar-refractivity contribution in [1.82, 2.24) is 16.0 Å². The van der Waals surface area contributed by atoms with Gasteiger partial charge in [0, 0.05) is 6.54 Å². The van der Waals surface area contributed by atoms with Gasteiger partial charge in [0.2, 0.25) is 11.8 Å². The van der Waals surface area contributed by atoms with Gasteiger partial charge in [0.05, 0.1) is 6.54 Å². The number of carbonyl (C=O) groups excluding carboxylic acids is 3. The molecule has 0 aliphatic carbocycles. The second-order valence-electron chi connectivity index (χ2n) is 7.25. The number of hydrogen-bond donors (Lipinski definition) is 3. The summed E-state index contributed by atoms with van der Waals surface area (Å²) in [5.74, 6) is -0.424. The molecule has 140 valence electrons. The maximum atomic E-state index is 12.3. The van der Waals surface area contributed by atoms with Gasteiger partial charge in [0.25, 0.3) is 0 Å². The van der Waals surface area contributed by atoms with E-state index in [2.05, 4.69) is 16.0 Å². The molecule has 0 radical (unpaired) electrons. The van der Waals surface area contributed by atoms with Crippen molar-refractivity contribution in [3.63, 3.8) is 0 Å². The summed E-state index contributed by atoms with van der Waals surface area (Å²) >= 11 is 0. The molecule has 7 heteroatoms. The molecule has 0 spiro atoms. The van der Waals surface area contributed by atoms with Crippen LogP contribution in [0.5, 0.6) is 0 Å². The van der Waals surface area contributed by atoms with Crippen LogP contribution in [-0.4, -0.2) is 42.6 Å².